The van der Waals surface area contributed by atoms with Crippen molar-refractivity contribution < 1.29 is 14.5 Å². The number of nitro benzene ring substituents is 1. The number of carbonyl (C=O) groups excluding carboxylic acids is 1. The van der Waals surface area contributed by atoms with Gasteiger partial charge in [0.1, 0.15) is 11.4 Å². The van der Waals surface area contributed by atoms with Gasteiger partial charge in [0, 0.05) is 23.7 Å². The van der Waals surface area contributed by atoms with E-state index in [0.717, 1.165) is 11.8 Å². The first-order valence-electron chi connectivity index (χ1n) is 9.62. The molecule has 0 saturated carbocycles. The third kappa shape index (κ3) is 6.25. The number of para-hydroxylation sites is 2. The Kier molecular flexibility index (Phi) is 8.32. The molecule has 0 aliphatic heterocycles. The molecule has 1 unspecified atom stereocenters. The van der Waals surface area contributed by atoms with Crippen molar-refractivity contribution in [2.24, 2.45) is 0 Å². The number of rotatable bonds is 10. The monoisotopic (exact) mass is 507 g/mol. The van der Waals surface area contributed by atoms with E-state index in [9.17, 15) is 14.9 Å². The maximum atomic E-state index is 12.4. The summed E-state index contributed by atoms with van der Waals surface area (Å²) in [6.45, 7) is 5.93. The smallest absolute Gasteiger partial charge is 0.292 e. The topological polar surface area (TPSA) is 112 Å². The van der Waals surface area contributed by atoms with Gasteiger partial charge in [-0.1, -0.05) is 53.2 Å². The molecule has 33 heavy (non-hydrogen) atoms. The molecule has 1 amide bonds. The van der Waals surface area contributed by atoms with Gasteiger partial charge < -0.3 is 10.1 Å². The van der Waals surface area contributed by atoms with Crippen molar-refractivity contribution in [2.75, 3.05) is 11.1 Å². The van der Waals surface area contributed by atoms with Crippen molar-refractivity contribution in [3.8, 4) is 5.75 Å². The molecule has 12 heteroatoms. The Labute approximate surface area is 203 Å². The van der Waals surface area contributed by atoms with Crippen molar-refractivity contribution in [3.63, 3.8) is 0 Å². The number of carbonyl (C=O) groups is 1. The molecular weight excluding hydrogens is 489 g/mol. The van der Waals surface area contributed by atoms with E-state index < -0.39 is 16.9 Å². The highest BCUT2D eigenvalue weighted by Gasteiger charge is 2.21. The predicted molar refractivity (Wildman–Crippen MR) is 128 cm³/mol. The standard InChI is InChI=1S/C21H19Cl2N5O4S/c1-3-10-27-20(13(2)32-18-11-14(22)8-9-15(18)23)25-26-21(27)33-12-19(29)24-16-6-4-5-7-17(16)28(30)31/h3-9,11,13H,1,10,12H2,2H3,(H,24,29). The van der Waals surface area contributed by atoms with E-state index in [0.29, 0.717) is 33.3 Å². The van der Waals surface area contributed by atoms with Crippen LogP contribution in [-0.2, 0) is 11.3 Å². The van der Waals surface area contributed by atoms with Gasteiger partial charge in [-0.15, -0.1) is 16.8 Å². The van der Waals surface area contributed by atoms with Gasteiger partial charge in [-0.05, 0) is 25.1 Å². The summed E-state index contributed by atoms with van der Waals surface area (Å²) in [6.07, 6.45) is 1.15. The minimum atomic E-state index is -0.552. The van der Waals surface area contributed by atoms with Crippen LogP contribution in [0.15, 0.2) is 60.3 Å². The van der Waals surface area contributed by atoms with E-state index in [4.69, 9.17) is 27.9 Å². The number of amides is 1. The van der Waals surface area contributed by atoms with E-state index >= 15 is 0 Å². The highest BCUT2D eigenvalue weighted by Crippen LogP contribution is 2.32. The van der Waals surface area contributed by atoms with Gasteiger partial charge in [0.25, 0.3) is 5.69 Å². The number of benzene rings is 2. The van der Waals surface area contributed by atoms with Crippen LogP contribution < -0.4 is 10.1 Å². The molecule has 0 fully saturated rings. The summed E-state index contributed by atoms with van der Waals surface area (Å²) < 4.78 is 7.69. The van der Waals surface area contributed by atoms with Gasteiger partial charge in [-0.25, -0.2) is 0 Å². The Morgan fingerprint density at radius 3 is 2.82 bits per heavy atom. The number of nitrogens with one attached hydrogen (secondary N) is 1. The van der Waals surface area contributed by atoms with Gasteiger partial charge in [0.05, 0.1) is 15.7 Å². The maximum absolute atomic E-state index is 12.4. The van der Waals surface area contributed by atoms with E-state index in [2.05, 4.69) is 22.1 Å². The van der Waals surface area contributed by atoms with Crippen molar-refractivity contribution in [1.82, 2.24) is 14.8 Å². The number of halogens is 2. The largest absolute Gasteiger partial charge is 0.481 e. The normalized spacial score (nSPS) is 11.6. The minimum absolute atomic E-state index is 0.0311. The summed E-state index contributed by atoms with van der Waals surface area (Å²) in [5.41, 5.74) is -0.0552. The molecule has 1 heterocycles. The summed E-state index contributed by atoms with van der Waals surface area (Å²) in [7, 11) is 0. The maximum Gasteiger partial charge on any atom is 0.292 e. The average Bonchev–Trinajstić information content (AvgIpc) is 3.18. The van der Waals surface area contributed by atoms with Gasteiger partial charge in [-0.3, -0.25) is 19.5 Å². The fraction of sp³-hybridized carbons (Fsp3) is 0.190. The lowest BCUT2D eigenvalue weighted by Gasteiger charge is -2.16. The van der Waals surface area contributed by atoms with Crippen LogP contribution in [-0.4, -0.2) is 31.3 Å². The highest BCUT2D eigenvalue weighted by molar-refractivity contribution is 7.99. The summed E-state index contributed by atoms with van der Waals surface area (Å²) in [4.78, 5) is 23.0. The summed E-state index contributed by atoms with van der Waals surface area (Å²) in [5.74, 6) is 0.464. The second kappa shape index (κ2) is 11.2. The Morgan fingerprint density at radius 2 is 2.09 bits per heavy atom. The van der Waals surface area contributed by atoms with Gasteiger partial charge in [-0.2, -0.15) is 0 Å². The molecule has 0 spiro atoms. The minimum Gasteiger partial charge on any atom is -0.481 e. The third-order valence-electron chi connectivity index (χ3n) is 4.32. The van der Waals surface area contributed by atoms with Crippen LogP contribution in [0.1, 0.15) is 18.9 Å². The summed E-state index contributed by atoms with van der Waals surface area (Å²) >= 11 is 13.3. The molecule has 0 radical (unpaired) electrons. The number of nitro groups is 1. The number of allylic oxidation sites excluding steroid dienone is 1. The van der Waals surface area contributed by atoms with Gasteiger partial charge in [0.15, 0.2) is 17.1 Å². The van der Waals surface area contributed by atoms with E-state index in [1.807, 2.05) is 0 Å². The number of aromatic nitrogens is 3. The lowest BCUT2D eigenvalue weighted by Crippen LogP contribution is -2.16. The summed E-state index contributed by atoms with van der Waals surface area (Å²) in [6, 6.07) is 10.8. The van der Waals surface area contributed by atoms with E-state index in [1.165, 1.54) is 18.2 Å². The zero-order valence-corrected chi connectivity index (χ0v) is 19.7. The van der Waals surface area contributed by atoms with Crippen LogP contribution in [0.2, 0.25) is 10.0 Å². The molecule has 172 valence electrons. The molecule has 1 aromatic heterocycles. The van der Waals surface area contributed by atoms with Crippen molar-refractivity contribution in [2.45, 2.75) is 24.7 Å². The van der Waals surface area contributed by atoms with Gasteiger partial charge >= 0.3 is 0 Å². The molecular formula is C21H19Cl2N5O4S. The number of nitrogens with zero attached hydrogens (tertiary/aromatic N) is 4. The number of hydrogen-bond acceptors (Lipinski definition) is 7. The Morgan fingerprint density at radius 1 is 1.33 bits per heavy atom. The molecule has 0 aliphatic carbocycles. The van der Waals surface area contributed by atoms with Crippen LogP contribution in [0.4, 0.5) is 11.4 Å². The molecule has 1 atom stereocenters. The summed E-state index contributed by atoms with van der Waals surface area (Å²) in [5, 5.41) is 23.4. The van der Waals surface area contributed by atoms with E-state index in [1.54, 1.807) is 41.8 Å². The van der Waals surface area contributed by atoms with E-state index in [-0.39, 0.29) is 17.1 Å². The first kappa shape index (κ1) is 24.6. The molecule has 0 bridgehead atoms. The zero-order chi connectivity index (χ0) is 24.0. The lowest BCUT2D eigenvalue weighted by atomic mass is 10.2. The van der Waals surface area contributed by atoms with Crippen molar-refractivity contribution in [3.05, 3.63) is 81.1 Å². The van der Waals surface area contributed by atoms with Crippen LogP contribution in [0.25, 0.3) is 0 Å². The zero-order valence-electron chi connectivity index (χ0n) is 17.4. The number of ether oxygens (including phenoxy) is 1. The molecule has 9 nitrogen and oxygen atoms in total. The van der Waals surface area contributed by atoms with Crippen molar-refractivity contribution in [1.29, 1.82) is 0 Å². The van der Waals surface area contributed by atoms with Crippen LogP contribution in [0, 0.1) is 10.1 Å². The van der Waals surface area contributed by atoms with Crippen LogP contribution >= 0.6 is 35.0 Å². The Hall–Kier alpha value is -3.08. The Balaban J connectivity index is 1.71. The first-order valence-corrected chi connectivity index (χ1v) is 11.4. The third-order valence-corrected chi connectivity index (χ3v) is 5.84. The highest BCUT2D eigenvalue weighted by atomic mass is 35.5. The fourth-order valence-corrected chi connectivity index (χ4v) is 3.95. The SMILES string of the molecule is C=CCn1c(SCC(=O)Nc2ccccc2[N+](=O)[O-])nnc1C(C)Oc1cc(Cl)ccc1Cl. The second-order valence-corrected chi connectivity index (χ2v) is 8.47. The molecule has 0 aliphatic rings. The molecule has 0 saturated heterocycles. The molecule has 2 aromatic carbocycles. The Bertz CT molecular complexity index is 1190. The average molecular weight is 508 g/mol. The van der Waals surface area contributed by atoms with Crippen LogP contribution in [0.3, 0.4) is 0 Å². The van der Waals surface area contributed by atoms with Crippen LogP contribution in [0.5, 0.6) is 5.75 Å². The fourth-order valence-electron chi connectivity index (χ4n) is 2.87. The quantitative estimate of drug-likeness (QED) is 0.165. The van der Waals surface area contributed by atoms with Crippen molar-refractivity contribution >= 4 is 52.2 Å². The number of anilines is 1. The lowest BCUT2D eigenvalue weighted by molar-refractivity contribution is -0.383. The second-order valence-electron chi connectivity index (χ2n) is 6.69. The first-order chi connectivity index (χ1) is 15.8. The number of hydrogen-bond donors (Lipinski definition) is 1. The molecule has 3 rings (SSSR count). The van der Waals surface area contributed by atoms with Gasteiger partial charge in [0.2, 0.25) is 5.91 Å². The molecule has 3 aromatic rings. The predicted octanol–water partition coefficient (Wildman–Crippen LogP) is 5.55. The number of thioether (sulfide) groups is 1. The molecule has 1 N–H and O–H groups in total.